The Hall–Kier alpha value is -1.47. The van der Waals surface area contributed by atoms with Gasteiger partial charge in [0.25, 0.3) is 0 Å². The van der Waals surface area contributed by atoms with Crippen LogP contribution in [0.5, 0.6) is 0 Å². The predicted octanol–water partition coefficient (Wildman–Crippen LogP) is 1.77. The number of nitrogens with one attached hydrogen (secondary N) is 1. The average molecular weight is 206 g/mol. The summed E-state index contributed by atoms with van der Waals surface area (Å²) in [6.45, 7) is 0. The minimum atomic E-state index is -0.226. The number of amides is 1. The topological polar surface area (TPSA) is 52.9 Å². The molecule has 14 heavy (non-hydrogen) atoms. The maximum absolute atomic E-state index is 10.9. The van der Waals surface area contributed by atoms with E-state index in [1.54, 1.807) is 18.0 Å². The first-order valence-corrected chi connectivity index (χ1v) is 5.17. The molecule has 0 aliphatic rings. The highest BCUT2D eigenvalue weighted by molar-refractivity contribution is 7.99. The van der Waals surface area contributed by atoms with E-state index in [4.69, 9.17) is 5.26 Å². The van der Waals surface area contributed by atoms with Crippen LogP contribution in [0, 0.1) is 11.5 Å². The van der Waals surface area contributed by atoms with Crippen LogP contribution < -0.4 is 5.32 Å². The van der Waals surface area contributed by atoms with E-state index in [0.29, 0.717) is 12.2 Å². The van der Waals surface area contributed by atoms with Crippen LogP contribution in [-0.4, -0.2) is 11.7 Å². The SMILES string of the molecule is N#CNC(=O)CCSc1ccccc1. The lowest BCUT2D eigenvalue weighted by molar-refractivity contribution is -0.119. The Balaban J connectivity index is 2.23. The lowest BCUT2D eigenvalue weighted by Crippen LogP contribution is -2.17. The standard InChI is InChI=1S/C10H10N2OS/c11-8-12-10(13)6-7-14-9-4-2-1-3-5-9/h1-5H,6-7H2,(H,12,13). The van der Waals surface area contributed by atoms with E-state index in [1.165, 1.54) is 0 Å². The Labute approximate surface area is 87.1 Å². The van der Waals surface area contributed by atoms with Crippen LogP contribution in [0.3, 0.4) is 0 Å². The number of thioether (sulfide) groups is 1. The second kappa shape index (κ2) is 6.06. The fraction of sp³-hybridized carbons (Fsp3) is 0.200. The van der Waals surface area contributed by atoms with E-state index in [2.05, 4.69) is 5.32 Å². The van der Waals surface area contributed by atoms with Crippen LogP contribution in [0.4, 0.5) is 0 Å². The molecule has 0 saturated heterocycles. The van der Waals surface area contributed by atoms with E-state index in [9.17, 15) is 4.79 Å². The second-order valence-corrected chi connectivity index (χ2v) is 3.74. The van der Waals surface area contributed by atoms with Crippen LogP contribution in [0.25, 0.3) is 0 Å². The summed E-state index contributed by atoms with van der Waals surface area (Å²) >= 11 is 1.60. The van der Waals surface area contributed by atoms with Crippen molar-refractivity contribution in [2.24, 2.45) is 0 Å². The molecule has 0 fully saturated rings. The van der Waals surface area contributed by atoms with Gasteiger partial charge in [-0.25, -0.2) is 0 Å². The van der Waals surface area contributed by atoms with Crippen molar-refractivity contribution in [1.29, 1.82) is 5.26 Å². The van der Waals surface area contributed by atoms with Gasteiger partial charge in [0.15, 0.2) is 6.19 Å². The molecule has 1 amide bonds. The summed E-state index contributed by atoms with van der Waals surface area (Å²) in [6.07, 6.45) is 1.98. The van der Waals surface area contributed by atoms with Crippen LogP contribution in [0.2, 0.25) is 0 Å². The van der Waals surface area contributed by atoms with Crippen molar-refractivity contribution in [3.8, 4) is 6.19 Å². The molecule has 3 nitrogen and oxygen atoms in total. The smallest absolute Gasteiger partial charge is 0.233 e. The van der Waals surface area contributed by atoms with Crippen molar-refractivity contribution in [2.75, 3.05) is 5.75 Å². The van der Waals surface area contributed by atoms with Gasteiger partial charge in [0.1, 0.15) is 0 Å². The number of nitrogens with zero attached hydrogens (tertiary/aromatic N) is 1. The van der Waals surface area contributed by atoms with Gasteiger partial charge in [-0.1, -0.05) is 18.2 Å². The van der Waals surface area contributed by atoms with E-state index in [1.807, 2.05) is 30.3 Å². The maximum Gasteiger partial charge on any atom is 0.233 e. The highest BCUT2D eigenvalue weighted by Gasteiger charge is 1.99. The molecule has 72 valence electrons. The predicted molar refractivity (Wildman–Crippen MR) is 55.5 cm³/mol. The fourth-order valence-corrected chi connectivity index (χ4v) is 1.78. The molecule has 0 atom stereocenters. The molecule has 0 heterocycles. The Morgan fingerprint density at radius 1 is 1.43 bits per heavy atom. The van der Waals surface area contributed by atoms with Crippen molar-refractivity contribution < 1.29 is 4.79 Å². The number of hydrogen-bond donors (Lipinski definition) is 1. The molecular weight excluding hydrogens is 196 g/mol. The highest BCUT2D eigenvalue weighted by atomic mass is 32.2. The van der Waals surface area contributed by atoms with Crippen molar-refractivity contribution >= 4 is 17.7 Å². The first-order chi connectivity index (χ1) is 6.83. The normalized spacial score (nSPS) is 9.07. The average Bonchev–Trinajstić information content (AvgIpc) is 2.20. The Morgan fingerprint density at radius 3 is 2.79 bits per heavy atom. The molecule has 0 saturated carbocycles. The summed E-state index contributed by atoms with van der Waals surface area (Å²) in [5, 5.41) is 10.2. The molecule has 0 bridgehead atoms. The molecule has 0 spiro atoms. The maximum atomic E-state index is 10.9. The van der Waals surface area contributed by atoms with Crippen LogP contribution in [-0.2, 0) is 4.79 Å². The van der Waals surface area contributed by atoms with E-state index in [0.717, 1.165) is 4.90 Å². The third-order valence-electron chi connectivity index (χ3n) is 1.54. The van der Waals surface area contributed by atoms with Crippen LogP contribution in [0.15, 0.2) is 35.2 Å². The quantitative estimate of drug-likeness (QED) is 0.464. The van der Waals surface area contributed by atoms with Crippen LogP contribution in [0.1, 0.15) is 6.42 Å². The van der Waals surface area contributed by atoms with Gasteiger partial charge >= 0.3 is 0 Å². The van der Waals surface area contributed by atoms with E-state index in [-0.39, 0.29) is 5.91 Å². The summed E-state index contributed by atoms with van der Waals surface area (Å²) in [6, 6.07) is 9.85. The zero-order valence-electron chi connectivity index (χ0n) is 7.56. The molecular formula is C10H10N2OS. The Morgan fingerprint density at radius 2 is 2.14 bits per heavy atom. The number of carbonyl (C=O) groups excluding carboxylic acids is 1. The number of hydrogen-bond acceptors (Lipinski definition) is 3. The Kier molecular flexibility index (Phi) is 4.59. The molecule has 0 radical (unpaired) electrons. The third-order valence-corrected chi connectivity index (χ3v) is 2.55. The molecule has 1 aromatic rings. The van der Waals surface area contributed by atoms with Gasteiger partial charge in [-0.15, -0.1) is 11.8 Å². The molecule has 1 rings (SSSR count). The monoisotopic (exact) mass is 206 g/mol. The fourth-order valence-electron chi connectivity index (χ4n) is 0.903. The van der Waals surface area contributed by atoms with Gasteiger partial charge in [0.2, 0.25) is 5.91 Å². The van der Waals surface area contributed by atoms with E-state index < -0.39 is 0 Å². The number of benzene rings is 1. The third kappa shape index (κ3) is 3.97. The first kappa shape index (κ1) is 10.6. The largest absolute Gasteiger partial charge is 0.274 e. The van der Waals surface area contributed by atoms with Gasteiger partial charge < -0.3 is 0 Å². The van der Waals surface area contributed by atoms with Gasteiger partial charge in [-0.2, -0.15) is 5.26 Å². The summed E-state index contributed by atoms with van der Waals surface area (Å²) in [7, 11) is 0. The number of rotatable bonds is 4. The number of carbonyl (C=O) groups is 1. The van der Waals surface area contributed by atoms with Crippen LogP contribution >= 0.6 is 11.8 Å². The van der Waals surface area contributed by atoms with E-state index >= 15 is 0 Å². The van der Waals surface area contributed by atoms with Gasteiger partial charge in [-0.05, 0) is 12.1 Å². The minimum Gasteiger partial charge on any atom is -0.274 e. The molecule has 1 N–H and O–H groups in total. The highest BCUT2D eigenvalue weighted by Crippen LogP contribution is 2.17. The molecule has 0 aliphatic carbocycles. The van der Waals surface area contributed by atoms with Crippen molar-refractivity contribution in [3.63, 3.8) is 0 Å². The minimum absolute atomic E-state index is 0.226. The lowest BCUT2D eigenvalue weighted by Gasteiger charge is -1.99. The lowest BCUT2D eigenvalue weighted by atomic mass is 10.4. The molecule has 0 unspecified atom stereocenters. The van der Waals surface area contributed by atoms with Gasteiger partial charge in [-0.3, -0.25) is 10.1 Å². The molecule has 0 aliphatic heterocycles. The zero-order chi connectivity index (χ0) is 10.2. The molecule has 1 aromatic carbocycles. The van der Waals surface area contributed by atoms with Crippen molar-refractivity contribution in [2.45, 2.75) is 11.3 Å². The summed E-state index contributed by atoms with van der Waals surface area (Å²) in [5.74, 6) is 0.466. The van der Waals surface area contributed by atoms with Crippen molar-refractivity contribution in [3.05, 3.63) is 30.3 Å². The summed E-state index contributed by atoms with van der Waals surface area (Å²) in [5.41, 5.74) is 0. The summed E-state index contributed by atoms with van der Waals surface area (Å²) < 4.78 is 0. The second-order valence-electron chi connectivity index (χ2n) is 2.57. The molecule has 0 aromatic heterocycles. The zero-order valence-corrected chi connectivity index (χ0v) is 8.38. The van der Waals surface area contributed by atoms with Gasteiger partial charge in [0, 0.05) is 17.1 Å². The number of nitriles is 1. The Bertz CT molecular complexity index is 332. The van der Waals surface area contributed by atoms with Crippen molar-refractivity contribution in [1.82, 2.24) is 5.32 Å². The molecule has 4 heteroatoms. The summed E-state index contributed by atoms with van der Waals surface area (Å²) in [4.78, 5) is 12.0. The first-order valence-electron chi connectivity index (χ1n) is 4.18. The van der Waals surface area contributed by atoms with Gasteiger partial charge in [0.05, 0.1) is 0 Å².